The van der Waals surface area contributed by atoms with E-state index in [0.717, 1.165) is 32.7 Å². The van der Waals surface area contributed by atoms with Crippen molar-refractivity contribution < 1.29 is 13.5 Å². The smallest absolute Gasteiger partial charge is 0.351 e. The molecule has 2 aromatic carbocycles. The summed E-state index contributed by atoms with van der Waals surface area (Å²) in [6, 6.07) is 12.6. The predicted molar refractivity (Wildman–Crippen MR) is 95.5 cm³/mol. The van der Waals surface area contributed by atoms with Gasteiger partial charge in [-0.1, -0.05) is 35.6 Å². The molecular weight excluding hydrogens is 374 g/mol. The van der Waals surface area contributed by atoms with E-state index in [9.17, 15) is 13.6 Å². The maximum absolute atomic E-state index is 13.8. The minimum absolute atomic E-state index is 0.198. The quantitative estimate of drug-likeness (QED) is 0.526. The maximum Gasteiger partial charge on any atom is 0.351 e. The Kier molecular flexibility index (Phi) is 4.51. The van der Waals surface area contributed by atoms with Crippen LogP contribution in [0.25, 0.3) is 5.00 Å². The van der Waals surface area contributed by atoms with Crippen LogP contribution >= 0.6 is 11.3 Å². The first-order valence-electron chi connectivity index (χ1n) is 7.88. The van der Waals surface area contributed by atoms with Crippen molar-refractivity contribution in [3.63, 3.8) is 0 Å². The lowest BCUT2D eigenvalue weighted by molar-refractivity contribution is 0.479. The van der Waals surface area contributed by atoms with Gasteiger partial charge < -0.3 is 4.74 Å². The van der Waals surface area contributed by atoms with Crippen LogP contribution in [-0.4, -0.2) is 19.3 Å². The molecule has 27 heavy (non-hydrogen) atoms. The number of halogens is 2. The minimum atomic E-state index is -0.717. The predicted octanol–water partition coefficient (Wildman–Crippen LogP) is 3.61. The SMILES string of the molecule is O=c1n(Cc2c(F)cccc2F)cnn1-c1cnc(Oc2ccccc2)s1. The molecule has 2 heterocycles. The van der Waals surface area contributed by atoms with Gasteiger partial charge in [-0.3, -0.25) is 4.57 Å². The van der Waals surface area contributed by atoms with Crippen LogP contribution in [-0.2, 0) is 6.54 Å². The molecule has 0 aliphatic heterocycles. The van der Waals surface area contributed by atoms with Crippen LogP contribution in [0.2, 0.25) is 0 Å². The molecule has 0 saturated heterocycles. The topological polar surface area (TPSA) is 61.9 Å². The third-order valence-corrected chi connectivity index (χ3v) is 4.60. The molecule has 6 nitrogen and oxygen atoms in total. The highest BCUT2D eigenvalue weighted by molar-refractivity contribution is 7.15. The second-order valence-electron chi connectivity index (χ2n) is 5.53. The third kappa shape index (κ3) is 3.49. The second-order valence-corrected chi connectivity index (χ2v) is 6.50. The van der Waals surface area contributed by atoms with Crippen molar-refractivity contribution in [2.75, 3.05) is 0 Å². The fourth-order valence-electron chi connectivity index (χ4n) is 2.43. The minimum Gasteiger partial charge on any atom is -0.431 e. The Morgan fingerprint density at radius 2 is 1.78 bits per heavy atom. The fraction of sp³-hybridized carbons (Fsp3) is 0.0556. The van der Waals surface area contributed by atoms with Gasteiger partial charge in [0.25, 0.3) is 5.19 Å². The van der Waals surface area contributed by atoms with Gasteiger partial charge in [-0.15, -0.1) is 0 Å². The molecule has 0 fully saturated rings. The Morgan fingerprint density at radius 1 is 1.04 bits per heavy atom. The zero-order valence-corrected chi connectivity index (χ0v) is 14.6. The first-order valence-corrected chi connectivity index (χ1v) is 8.70. The van der Waals surface area contributed by atoms with Gasteiger partial charge in [-0.25, -0.2) is 18.6 Å². The average Bonchev–Trinajstić information content (AvgIpc) is 3.26. The number of rotatable bonds is 5. The molecule has 0 N–H and O–H groups in total. The van der Waals surface area contributed by atoms with Crippen LogP contribution in [0, 0.1) is 11.6 Å². The summed E-state index contributed by atoms with van der Waals surface area (Å²) >= 11 is 1.13. The number of ether oxygens (including phenoxy) is 1. The van der Waals surface area contributed by atoms with Gasteiger partial charge in [0.1, 0.15) is 28.7 Å². The van der Waals surface area contributed by atoms with Crippen molar-refractivity contribution in [1.29, 1.82) is 0 Å². The van der Waals surface area contributed by atoms with E-state index in [4.69, 9.17) is 4.74 Å². The van der Waals surface area contributed by atoms with Gasteiger partial charge in [-0.05, 0) is 24.3 Å². The Hall–Kier alpha value is -3.33. The summed E-state index contributed by atoms with van der Waals surface area (Å²) in [6.45, 7) is -0.260. The molecule has 0 unspecified atom stereocenters. The largest absolute Gasteiger partial charge is 0.431 e. The molecule has 9 heteroatoms. The summed E-state index contributed by atoms with van der Waals surface area (Å²) in [5.74, 6) is -0.816. The summed E-state index contributed by atoms with van der Waals surface area (Å²) in [4.78, 5) is 16.6. The second kappa shape index (κ2) is 7.12. The average molecular weight is 386 g/mol. The molecule has 0 amide bonds. The molecule has 0 bridgehead atoms. The number of para-hydroxylation sites is 1. The third-order valence-electron chi connectivity index (χ3n) is 3.75. The summed E-state index contributed by atoms with van der Waals surface area (Å²) in [6.07, 6.45) is 2.68. The summed E-state index contributed by atoms with van der Waals surface area (Å²) in [5.41, 5.74) is -0.732. The van der Waals surface area contributed by atoms with Crippen molar-refractivity contribution in [2.45, 2.75) is 6.54 Å². The van der Waals surface area contributed by atoms with Crippen LogP contribution in [0.1, 0.15) is 5.56 Å². The zero-order valence-electron chi connectivity index (χ0n) is 13.8. The molecule has 0 aliphatic carbocycles. The Bertz CT molecular complexity index is 1120. The Morgan fingerprint density at radius 3 is 2.52 bits per heavy atom. The number of hydrogen-bond acceptors (Lipinski definition) is 5. The molecule has 0 spiro atoms. The number of aromatic nitrogens is 4. The Labute approximate surface area is 155 Å². The summed E-state index contributed by atoms with van der Waals surface area (Å²) < 4.78 is 35.4. The van der Waals surface area contributed by atoms with Crippen molar-refractivity contribution in [2.24, 2.45) is 0 Å². The van der Waals surface area contributed by atoms with E-state index < -0.39 is 17.3 Å². The van der Waals surface area contributed by atoms with E-state index in [1.165, 1.54) is 18.6 Å². The van der Waals surface area contributed by atoms with Crippen LogP contribution in [0.15, 0.2) is 65.8 Å². The fourth-order valence-corrected chi connectivity index (χ4v) is 3.17. The van der Waals surface area contributed by atoms with E-state index in [2.05, 4.69) is 10.1 Å². The van der Waals surface area contributed by atoms with Crippen molar-refractivity contribution in [3.8, 4) is 15.9 Å². The van der Waals surface area contributed by atoms with Gasteiger partial charge in [0, 0.05) is 5.56 Å². The number of benzene rings is 2. The number of thiazole rings is 1. The first-order chi connectivity index (χ1) is 13.1. The van der Waals surface area contributed by atoms with Gasteiger partial charge in [0.15, 0.2) is 0 Å². The van der Waals surface area contributed by atoms with Crippen LogP contribution in [0.3, 0.4) is 0 Å². The first kappa shape index (κ1) is 17.1. The van der Waals surface area contributed by atoms with Gasteiger partial charge in [0.05, 0.1) is 12.7 Å². The lowest BCUT2D eigenvalue weighted by Crippen LogP contribution is -2.24. The summed E-state index contributed by atoms with van der Waals surface area (Å²) in [7, 11) is 0. The lowest BCUT2D eigenvalue weighted by Gasteiger charge is -2.04. The van der Waals surface area contributed by atoms with E-state index in [-0.39, 0.29) is 12.1 Å². The normalized spacial score (nSPS) is 10.9. The monoisotopic (exact) mass is 386 g/mol. The van der Waals surface area contributed by atoms with Crippen LogP contribution in [0.5, 0.6) is 10.9 Å². The number of nitrogens with zero attached hydrogens (tertiary/aromatic N) is 4. The zero-order chi connectivity index (χ0) is 18.8. The van der Waals surface area contributed by atoms with Gasteiger partial charge in [0.2, 0.25) is 0 Å². The molecule has 0 saturated carbocycles. The molecule has 136 valence electrons. The molecular formula is C18H12F2N4O2S. The van der Waals surface area contributed by atoms with Crippen molar-refractivity contribution in [3.05, 3.63) is 88.7 Å². The molecule has 0 atom stereocenters. The van der Waals surface area contributed by atoms with Gasteiger partial charge in [-0.2, -0.15) is 9.78 Å². The van der Waals surface area contributed by atoms with Crippen LogP contribution in [0.4, 0.5) is 8.78 Å². The molecule has 0 radical (unpaired) electrons. The van der Waals surface area contributed by atoms with E-state index in [1.807, 2.05) is 18.2 Å². The maximum atomic E-state index is 13.8. The van der Waals surface area contributed by atoms with Crippen molar-refractivity contribution in [1.82, 2.24) is 19.3 Å². The lowest BCUT2D eigenvalue weighted by atomic mass is 10.2. The molecule has 2 aromatic heterocycles. The summed E-state index contributed by atoms with van der Waals surface area (Å²) in [5, 5.41) is 4.77. The molecule has 0 aliphatic rings. The molecule has 4 aromatic rings. The standard InChI is InChI=1S/C18H12F2N4O2S/c19-14-7-4-8-15(20)13(14)10-23-11-22-24(18(23)25)16-9-21-17(27-16)26-12-5-2-1-3-6-12/h1-9,11H,10H2. The van der Waals surface area contributed by atoms with E-state index in [0.29, 0.717) is 15.9 Å². The van der Waals surface area contributed by atoms with Gasteiger partial charge >= 0.3 is 5.69 Å². The van der Waals surface area contributed by atoms with E-state index in [1.54, 1.807) is 12.1 Å². The van der Waals surface area contributed by atoms with E-state index >= 15 is 0 Å². The van der Waals surface area contributed by atoms with Crippen LogP contribution < -0.4 is 10.4 Å². The highest BCUT2D eigenvalue weighted by Gasteiger charge is 2.15. The van der Waals surface area contributed by atoms with Crippen molar-refractivity contribution >= 4 is 11.3 Å². The number of hydrogen-bond donors (Lipinski definition) is 0. The highest BCUT2D eigenvalue weighted by Crippen LogP contribution is 2.27. The molecule has 4 rings (SSSR count). The highest BCUT2D eigenvalue weighted by atomic mass is 32.1. The Balaban J connectivity index is 1.59.